The van der Waals surface area contributed by atoms with E-state index in [0.29, 0.717) is 11.1 Å². The van der Waals surface area contributed by atoms with Crippen molar-refractivity contribution in [3.8, 4) is 23.0 Å². The molecule has 0 radical (unpaired) electrons. The zero-order chi connectivity index (χ0) is 32.4. The summed E-state index contributed by atoms with van der Waals surface area (Å²) in [7, 11) is 0. The van der Waals surface area contributed by atoms with Crippen LogP contribution < -0.4 is 0 Å². The molecule has 1 aliphatic rings. The van der Waals surface area contributed by atoms with Gasteiger partial charge >= 0.3 is 5.97 Å². The van der Waals surface area contributed by atoms with Crippen LogP contribution in [-0.2, 0) is 34.9 Å². The first-order valence-electron chi connectivity index (χ1n) is 13.7. The van der Waals surface area contributed by atoms with E-state index in [0.717, 1.165) is 6.08 Å². The molecule has 244 valence electrons. The number of aliphatic hydroxyl groups is 5. The fraction of sp³-hybridized carbons (Fsp3) is 0.483. The van der Waals surface area contributed by atoms with E-state index >= 15 is 0 Å². The van der Waals surface area contributed by atoms with Gasteiger partial charge in [-0.2, -0.15) is 0 Å². The molecule has 15 nitrogen and oxygen atoms in total. The highest BCUT2D eigenvalue weighted by Crippen LogP contribution is 2.27. The molecule has 9 N–H and O–H groups in total. The number of phenolic OH excluding ortho intramolecular Hbond substituents is 4. The summed E-state index contributed by atoms with van der Waals surface area (Å²) in [5, 5.41) is 89.4. The number of phenols is 4. The Hall–Kier alpha value is -3.51. The number of aromatic hydroxyl groups is 4. The lowest BCUT2D eigenvalue weighted by Crippen LogP contribution is -2.59. The minimum absolute atomic E-state index is 0.0867. The largest absolute Gasteiger partial charge is 0.504 e. The summed E-state index contributed by atoms with van der Waals surface area (Å²) < 4.78 is 27.5. The minimum Gasteiger partial charge on any atom is -0.504 e. The van der Waals surface area contributed by atoms with Crippen LogP contribution in [0.15, 0.2) is 42.5 Å². The SMILES string of the molecule is CC1OC(OC(COC(=O)C=Cc2ccc(O)c(O)c2)C(O)C(OCCO)OCCc2ccc(O)c(O)c2)C(O)C(O)C1O. The molecule has 0 saturated carbocycles. The van der Waals surface area contributed by atoms with E-state index in [4.69, 9.17) is 23.7 Å². The molecular weight excluding hydrogens is 588 g/mol. The Kier molecular flexibility index (Phi) is 13.1. The fourth-order valence-corrected chi connectivity index (χ4v) is 4.14. The van der Waals surface area contributed by atoms with Gasteiger partial charge in [0.2, 0.25) is 0 Å². The highest BCUT2D eigenvalue weighted by Gasteiger charge is 2.45. The molecule has 44 heavy (non-hydrogen) atoms. The van der Waals surface area contributed by atoms with Gasteiger partial charge in [0, 0.05) is 6.08 Å². The molecule has 0 aromatic heterocycles. The highest BCUT2D eigenvalue weighted by atomic mass is 16.7. The summed E-state index contributed by atoms with van der Waals surface area (Å²) >= 11 is 0. The van der Waals surface area contributed by atoms with Crippen LogP contribution in [0.1, 0.15) is 18.1 Å². The van der Waals surface area contributed by atoms with Crippen molar-refractivity contribution in [2.75, 3.05) is 26.4 Å². The first-order valence-corrected chi connectivity index (χ1v) is 13.7. The van der Waals surface area contributed by atoms with Crippen LogP contribution in [0.5, 0.6) is 23.0 Å². The summed E-state index contributed by atoms with van der Waals surface area (Å²) in [6, 6.07) is 8.01. The average molecular weight is 627 g/mol. The number of carbonyl (C=O) groups excluding carboxylic acids is 1. The molecular formula is C29H38O15. The minimum atomic E-state index is -1.76. The first-order chi connectivity index (χ1) is 20.9. The predicted molar refractivity (Wildman–Crippen MR) is 149 cm³/mol. The molecule has 0 amide bonds. The van der Waals surface area contributed by atoms with Crippen LogP contribution in [-0.4, -0.2) is 128 Å². The third-order valence-electron chi connectivity index (χ3n) is 6.66. The van der Waals surface area contributed by atoms with Gasteiger partial charge in [0.05, 0.1) is 25.9 Å². The van der Waals surface area contributed by atoms with Crippen LogP contribution >= 0.6 is 0 Å². The Labute approximate surface area is 252 Å². The smallest absolute Gasteiger partial charge is 0.330 e. The quantitative estimate of drug-likeness (QED) is 0.0510. The third kappa shape index (κ3) is 9.75. The maximum Gasteiger partial charge on any atom is 0.330 e. The second-order valence-electron chi connectivity index (χ2n) is 9.96. The van der Waals surface area contributed by atoms with Gasteiger partial charge in [-0.05, 0) is 54.8 Å². The van der Waals surface area contributed by atoms with Gasteiger partial charge in [-0.1, -0.05) is 12.1 Å². The van der Waals surface area contributed by atoms with Crippen molar-refractivity contribution < 1.29 is 74.4 Å². The molecule has 1 heterocycles. The van der Waals surface area contributed by atoms with E-state index in [2.05, 4.69) is 0 Å². The topological polar surface area (TPSA) is 245 Å². The van der Waals surface area contributed by atoms with Gasteiger partial charge in [-0.25, -0.2) is 4.79 Å². The molecule has 1 aliphatic heterocycles. The van der Waals surface area contributed by atoms with Crippen molar-refractivity contribution in [3.63, 3.8) is 0 Å². The Morgan fingerprint density at radius 3 is 2.23 bits per heavy atom. The maximum atomic E-state index is 12.5. The summed E-state index contributed by atoms with van der Waals surface area (Å²) in [4.78, 5) is 12.5. The average Bonchev–Trinajstić information content (AvgIpc) is 3.00. The molecule has 3 rings (SSSR count). The standard InChI is InChI=1S/C29H38O15/c1-15-24(36)26(38)27(39)29(43-15)44-22(14-42-23(35)7-4-16-2-5-18(31)20(33)12-16)25(37)28(41-11-9-30)40-10-8-17-3-6-19(32)21(34)13-17/h2-7,12-13,15,22,24-34,36-39H,8-11,14H2,1H3. The number of hydrogen-bond donors (Lipinski definition) is 9. The second kappa shape index (κ2) is 16.5. The molecule has 2 aromatic rings. The van der Waals surface area contributed by atoms with Gasteiger partial charge in [0.25, 0.3) is 0 Å². The monoisotopic (exact) mass is 626 g/mol. The molecule has 1 fully saturated rings. The van der Waals surface area contributed by atoms with Gasteiger partial charge < -0.3 is 69.6 Å². The van der Waals surface area contributed by atoms with Gasteiger partial charge in [-0.15, -0.1) is 0 Å². The van der Waals surface area contributed by atoms with Crippen LogP contribution in [0.4, 0.5) is 0 Å². The van der Waals surface area contributed by atoms with Crippen molar-refractivity contribution in [1.82, 2.24) is 0 Å². The molecule has 8 unspecified atom stereocenters. The molecule has 1 saturated heterocycles. The van der Waals surface area contributed by atoms with Crippen molar-refractivity contribution in [2.24, 2.45) is 0 Å². The fourth-order valence-electron chi connectivity index (χ4n) is 4.14. The van der Waals surface area contributed by atoms with Crippen LogP contribution in [0.2, 0.25) is 0 Å². The molecule has 15 heteroatoms. The van der Waals surface area contributed by atoms with Crippen LogP contribution in [0.3, 0.4) is 0 Å². The molecule has 8 atom stereocenters. The number of carbonyl (C=O) groups is 1. The van der Waals surface area contributed by atoms with E-state index in [1.54, 1.807) is 6.07 Å². The maximum absolute atomic E-state index is 12.5. The number of aliphatic hydroxyl groups excluding tert-OH is 5. The van der Waals surface area contributed by atoms with Crippen molar-refractivity contribution in [1.29, 1.82) is 0 Å². The van der Waals surface area contributed by atoms with Gasteiger partial charge in [0.15, 0.2) is 35.6 Å². The number of esters is 1. The van der Waals surface area contributed by atoms with Crippen LogP contribution in [0.25, 0.3) is 6.08 Å². The van der Waals surface area contributed by atoms with E-state index in [1.807, 2.05) is 0 Å². The Bertz CT molecular complexity index is 1240. The highest BCUT2D eigenvalue weighted by molar-refractivity contribution is 5.87. The number of ether oxygens (including phenoxy) is 5. The summed E-state index contributed by atoms with van der Waals surface area (Å²) in [5.74, 6) is -2.30. The summed E-state index contributed by atoms with van der Waals surface area (Å²) in [6.45, 7) is -0.0377. The Morgan fingerprint density at radius 2 is 1.57 bits per heavy atom. The van der Waals surface area contributed by atoms with Gasteiger partial charge in [-0.3, -0.25) is 0 Å². The summed E-state index contributed by atoms with van der Waals surface area (Å²) in [6.07, 6.45) is -9.66. The number of benzene rings is 2. The predicted octanol–water partition coefficient (Wildman–Crippen LogP) is -0.767. The second-order valence-corrected chi connectivity index (χ2v) is 9.96. The Morgan fingerprint density at radius 1 is 0.909 bits per heavy atom. The lowest BCUT2D eigenvalue weighted by Gasteiger charge is -2.41. The van der Waals surface area contributed by atoms with Crippen molar-refractivity contribution in [3.05, 3.63) is 53.6 Å². The Balaban J connectivity index is 1.74. The molecule has 0 spiro atoms. The van der Waals surface area contributed by atoms with Crippen molar-refractivity contribution >= 4 is 12.0 Å². The third-order valence-corrected chi connectivity index (χ3v) is 6.66. The number of rotatable bonds is 15. The van der Waals surface area contributed by atoms with E-state index in [-0.39, 0.29) is 36.9 Å². The molecule has 0 bridgehead atoms. The van der Waals surface area contributed by atoms with E-state index < -0.39 is 74.1 Å². The zero-order valence-corrected chi connectivity index (χ0v) is 23.7. The normalized spacial score (nSPS) is 24.2. The summed E-state index contributed by atoms with van der Waals surface area (Å²) in [5.41, 5.74) is 0.935. The van der Waals surface area contributed by atoms with E-state index in [9.17, 15) is 50.8 Å². The lowest BCUT2D eigenvalue weighted by molar-refractivity contribution is -0.323. The molecule has 2 aromatic carbocycles. The van der Waals surface area contributed by atoms with Gasteiger partial charge in [0.1, 0.15) is 37.1 Å². The molecule has 0 aliphatic carbocycles. The first kappa shape index (κ1) is 35.0. The van der Waals surface area contributed by atoms with Crippen molar-refractivity contribution in [2.45, 2.75) is 62.5 Å². The zero-order valence-electron chi connectivity index (χ0n) is 23.7. The van der Waals surface area contributed by atoms with Crippen LogP contribution in [0, 0.1) is 0 Å². The number of hydrogen-bond acceptors (Lipinski definition) is 15. The van der Waals surface area contributed by atoms with E-state index in [1.165, 1.54) is 43.3 Å². The lowest BCUT2D eigenvalue weighted by atomic mass is 10.00.